The summed E-state index contributed by atoms with van der Waals surface area (Å²) in [4.78, 5) is 16.7. The molecule has 8 heteroatoms. The number of pyridine rings is 1. The zero-order valence-electron chi connectivity index (χ0n) is 14.8. The first-order valence-corrected chi connectivity index (χ1v) is 9.74. The van der Waals surface area contributed by atoms with Crippen molar-refractivity contribution in [1.82, 2.24) is 4.98 Å². The highest BCUT2D eigenvalue weighted by Gasteiger charge is 2.13. The van der Waals surface area contributed by atoms with Crippen LogP contribution in [0.3, 0.4) is 0 Å². The summed E-state index contributed by atoms with van der Waals surface area (Å²) in [6, 6.07) is 17.2. The number of fused-ring (bicyclic) bond motifs is 1. The molecule has 28 heavy (non-hydrogen) atoms. The van der Waals surface area contributed by atoms with Gasteiger partial charge < -0.3 is 19.5 Å². The molecule has 1 aliphatic rings. The summed E-state index contributed by atoms with van der Waals surface area (Å²) in [7, 11) is -1.46. The standard InChI is InChI=1S/C20H17N3O4S/c24-20(17-3-1-2-10-21-17)22-14-4-7-16(8-5-14)28(25)23-15-6-9-18-19(13-15)27-12-11-26-18/h1-10,13,23H,11-12H2,(H,22,24). The molecule has 0 bridgehead atoms. The number of carbonyl (C=O) groups excluding carboxylic acids is 1. The van der Waals surface area contributed by atoms with Crippen molar-refractivity contribution in [2.45, 2.75) is 4.90 Å². The molecule has 2 N–H and O–H groups in total. The number of ether oxygens (including phenoxy) is 2. The molecule has 0 fully saturated rings. The van der Waals surface area contributed by atoms with Gasteiger partial charge in [0.25, 0.3) is 5.91 Å². The lowest BCUT2D eigenvalue weighted by molar-refractivity contribution is 0.102. The van der Waals surface area contributed by atoms with E-state index in [1.807, 2.05) is 0 Å². The maximum atomic E-state index is 12.6. The molecule has 3 aromatic rings. The SMILES string of the molecule is O=C(Nc1ccc(S(=O)Nc2ccc3c(c2)OCCO3)cc1)c1ccccn1. The Balaban J connectivity index is 1.41. The molecule has 0 saturated carbocycles. The van der Waals surface area contributed by atoms with Crippen molar-refractivity contribution >= 4 is 28.3 Å². The van der Waals surface area contributed by atoms with Crippen LogP contribution in [0.4, 0.5) is 11.4 Å². The molecule has 0 aliphatic carbocycles. The van der Waals surface area contributed by atoms with Crippen LogP contribution < -0.4 is 19.5 Å². The van der Waals surface area contributed by atoms with Gasteiger partial charge >= 0.3 is 0 Å². The first-order chi connectivity index (χ1) is 13.7. The van der Waals surface area contributed by atoms with Gasteiger partial charge in [-0.2, -0.15) is 0 Å². The minimum Gasteiger partial charge on any atom is -0.486 e. The number of hydrogen-bond donors (Lipinski definition) is 2. The van der Waals surface area contributed by atoms with E-state index in [9.17, 15) is 9.00 Å². The Hall–Kier alpha value is -3.39. The van der Waals surface area contributed by atoms with Crippen LogP contribution in [0.5, 0.6) is 11.5 Å². The second-order valence-electron chi connectivity index (χ2n) is 5.92. The predicted octanol–water partition coefficient (Wildman–Crippen LogP) is 3.24. The van der Waals surface area contributed by atoms with Gasteiger partial charge in [0, 0.05) is 18.0 Å². The molecular weight excluding hydrogens is 378 g/mol. The van der Waals surface area contributed by atoms with E-state index in [4.69, 9.17) is 9.47 Å². The van der Waals surface area contributed by atoms with Crippen molar-refractivity contribution in [1.29, 1.82) is 0 Å². The summed E-state index contributed by atoms with van der Waals surface area (Å²) in [5.41, 5.74) is 1.58. The van der Waals surface area contributed by atoms with Gasteiger partial charge in [-0.1, -0.05) is 6.07 Å². The van der Waals surface area contributed by atoms with Crippen molar-refractivity contribution < 1.29 is 18.5 Å². The van der Waals surface area contributed by atoms with E-state index >= 15 is 0 Å². The first kappa shape index (κ1) is 18.0. The highest BCUT2D eigenvalue weighted by molar-refractivity contribution is 7.86. The molecule has 0 spiro atoms. The summed E-state index contributed by atoms with van der Waals surface area (Å²) in [6.45, 7) is 1.01. The Kier molecular flexibility index (Phi) is 5.20. The van der Waals surface area contributed by atoms with E-state index in [-0.39, 0.29) is 5.91 Å². The minimum absolute atomic E-state index is 0.302. The Morgan fingerprint density at radius 1 is 0.929 bits per heavy atom. The lowest BCUT2D eigenvalue weighted by Gasteiger charge is -2.19. The van der Waals surface area contributed by atoms with Crippen molar-refractivity contribution in [3.63, 3.8) is 0 Å². The highest BCUT2D eigenvalue weighted by atomic mass is 32.2. The van der Waals surface area contributed by atoms with Gasteiger partial charge in [0.05, 0.1) is 10.6 Å². The lowest BCUT2D eigenvalue weighted by atomic mass is 10.3. The normalized spacial score (nSPS) is 13.4. The fourth-order valence-corrected chi connectivity index (χ4v) is 3.47. The van der Waals surface area contributed by atoms with Crippen molar-refractivity contribution in [2.24, 2.45) is 0 Å². The molecule has 1 atom stereocenters. The Bertz CT molecular complexity index is 1010. The van der Waals surface area contributed by atoms with Crippen molar-refractivity contribution in [3.05, 3.63) is 72.6 Å². The summed E-state index contributed by atoms with van der Waals surface area (Å²) < 4.78 is 26.5. The molecule has 7 nitrogen and oxygen atoms in total. The third kappa shape index (κ3) is 4.12. The average molecular weight is 395 g/mol. The molecule has 1 unspecified atom stereocenters. The molecule has 1 amide bonds. The van der Waals surface area contributed by atoms with Gasteiger partial charge in [0.2, 0.25) is 0 Å². The lowest BCUT2D eigenvalue weighted by Crippen LogP contribution is -2.15. The maximum Gasteiger partial charge on any atom is 0.274 e. The molecule has 1 aromatic heterocycles. The second kappa shape index (κ2) is 8.10. The van der Waals surface area contributed by atoms with Crippen LogP contribution in [0.25, 0.3) is 0 Å². The molecular formula is C20H17N3O4S. The number of rotatable bonds is 5. The number of benzene rings is 2. The maximum absolute atomic E-state index is 12.6. The van der Waals surface area contributed by atoms with E-state index in [0.29, 0.717) is 46.7 Å². The average Bonchev–Trinajstić information content (AvgIpc) is 2.75. The van der Waals surface area contributed by atoms with Gasteiger partial charge in [-0.05, 0) is 48.5 Å². The third-order valence-electron chi connectivity index (χ3n) is 3.98. The number of nitrogens with zero attached hydrogens (tertiary/aromatic N) is 1. The fourth-order valence-electron chi connectivity index (χ4n) is 2.63. The second-order valence-corrected chi connectivity index (χ2v) is 7.14. The van der Waals surface area contributed by atoms with Gasteiger partial charge in [-0.25, -0.2) is 4.21 Å². The number of nitrogens with one attached hydrogen (secondary N) is 2. The van der Waals surface area contributed by atoms with Crippen LogP contribution in [0.2, 0.25) is 0 Å². The Labute approximate surface area is 164 Å². The van der Waals surface area contributed by atoms with E-state index in [2.05, 4.69) is 15.0 Å². The minimum atomic E-state index is -1.46. The molecule has 142 valence electrons. The molecule has 4 rings (SSSR count). The van der Waals surface area contributed by atoms with Crippen LogP contribution in [0.1, 0.15) is 10.5 Å². The van der Waals surface area contributed by atoms with E-state index in [1.165, 1.54) is 0 Å². The van der Waals surface area contributed by atoms with Crippen molar-refractivity contribution in [3.8, 4) is 11.5 Å². The number of anilines is 2. The third-order valence-corrected chi connectivity index (χ3v) is 5.10. The van der Waals surface area contributed by atoms with Crippen LogP contribution in [0, 0.1) is 0 Å². The van der Waals surface area contributed by atoms with E-state index in [1.54, 1.807) is 66.9 Å². The number of carbonyl (C=O) groups is 1. The number of amides is 1. The zero-order valence-corrected chi connectivity index (χ0v) is 15.6. The van der Waals surface area contributed by atoms with Crippen LogP contribution >= 0.6 is 0 Å². The molecule has 1 aliphatic heterocycles. The quantitative estimate of drug-likeness (QED) is 0.692. The molecule has 2 heterocycles. The Morgan fingerprint density at radius 2 is 1.68 bits per heavy atom. The van der Waals surface area contributed by atoms with E-state index < -0.39 is 11.0 Å². The molecule has 0 saturated heterocycles. The zero-order chi connectivity index (χ0) is 19.3. The Morgan fingerprint density at radius 3 is 2.43 bits per heavy atom. The largest absolute Gasteiger partial charge is 0.486 e. The molecule has 0 radical (unpaired) electrons. The number of hydrogen-bond acceptors (Lipinski definition) is 5. The highest BCUT2D eigenvalue weighted by Crippen LogP contribution is 2.33. The summed E-state index contributed by atoms with van der Waals surface area (Å²) in [5, 5.41) is 2.76. The van der Waals surface area contributed by atoms with Gasteiger partial charge in [0.15, 0.2) is 11.5 Å². The fraction of sp³-hybridized carbons (Fsp3) is 0.100. The number of aromatic nitrogens is 1. The predicted molar refractivity (Wildman–Crippen MR) is 106 cm³/mol. The smallest absolute Gasteiger partial charge is 0.274 e. The van der Waals surface area contributed by atoms with E-state index in [0.717, 1.165) is 0 Å². The molecule has 2 aromatic carbocycles. The van der Waals surface area contributed by atoms with Gasteiger partial charge in [-0.3, -0.25) is 9.78 Å². The van der Waals surface area contributed by atoms with Gasteiger partial charge in [0.1, 0.15) is 29.9 Å². The monoisotopic (exact) mass is 395 g/mol. The van der Waals surface area contributed by atoms with Crippen molar-refractivity contribution in [2.75, 3.05) is 23.3 Å². The van der Waals surface area contributed by atoms with Gasteiger partial charge in [-0.15, -0.1) is 0 Å². The van der Waals surface area contributed by atoms with Crippen LogP contribution in [-0.2, 0) is 11.0 Å². The van der Waals surface area contributed by atoms with Crippen LogP contribution in [-0.4, -0.2) is 28.3 Å². The van der Waals surface area contributed by atoms with Crippen LogP contribution in [0.15, 0.2) is 71.8 Å². The summed E-state index contributed by atoms with van der Waals surface area (Å²) in [5.74, 6) is 1.00. The summed E-state index contributed by atoms with van der Waals surface area (Å²) >= 11 is 0. The summed E-state index contributed by atoms with van der Waals surface area (Å²) in [6.07, 6.45) is 1.56. The first-order valence-electron chi connectivity index (χ1n) is 8.59. The topological polar surface area (TPSA) is 89.6 Å².